The van der Waals surface area contributed by atoms with Gasteiger partial charge in [0.25, 0.3) is 0 Å². The van der Waals surface area contributed by atoms with E-state index in [4.69, 9.17) is 9.84 Å². The van der Waals surface area contributed by atoms with E-state index in [1.165, 1.54) is 6.07 Å². The zero-order valence-corrected chi connectivity index (χ0v) is 11.6. The van der Waals surface area contributed by atoms with E-state index in [2.05, 4.69) is 4.90 Å². The summed E-state index contributed by atoms with van der Waals surface area (Å²) < 4.78 is 19.7. The highest BCUT2D eigenvalue weighted by Gasteiger charge is 2.22. The molecule has 1 aromatic rings. The second kappa shape index (κ2) is 6.81. The molecule has 2 rings (SSSR count). The third-order valence-electron chi connectivity index (χ3n) is 3.57. The molecular weight excluding hydrogens is 261 g/mol. The van der Waals surface area contributed by atoms with E-state index in [1.807, 2.05) is 6.92 Å². The topological polar surface area (TPSA) is 49.8 Å². The van der Waals surface area contributed by atoms with Crippen LogP contribution in [0.5, 0.6) is 0 Å². The van der Waals surface area contributed by atoms with Crippen LogP contribution in [0.2, 0.25) is 0 Å². The number of nitrogens with zero attached hydrogens (tertiary/aromatic N) is 1. The minimum atomic E-state index is -1.23. The number of carboxylic acids is 1. The lowest BCUT2D eigenvalue weighted by Crippen LogP contribution is -2.39. The molecule has 1 saturated heterocycles. The number of halogens is 1. The summed E-state index contributed by atoms with van der Waals surface area (Å²) in [6, 6.07) is 4.53. The van der Waals surface area contributed by atoms with Crippen molar-refractivity contribution in [2.75, 3.05) is 19.7 Å². The van der Waals surface area contributed by atoms with Crippen molar-refractivity contribution in [1.82, 2.24) is 4.90 Å². The molecule has 5 heteroatoms. The highest BCUT2D eigenvalue weighted by molar-refractivity contribution is 5.88. The number of carboxylic acid groups (broad SMARTS) is 1. The monoisotopic (exact) mass is 281 g/mol. The summed E-state index contributed by atoms with van der Waals surface area (Å²) in [5, 5.41) is 8.93. The third kappa shape index (κ3) is 3.55. The normalized spacial score (nSPS) is 20.0. The first kappa shape index (κ1) is 14.9. The van der Waals surface area contributed by atoms with Crippen LogP contribution in [-0.4, -0.2) is 41.8 Å². The molecule has 1 unspecified atom stereocenters. The first-order valence-corrected chi connectivity index (χ1v) is 6.96. The number of ether oxygens (including phenoxy) is 1. The largest absolute Gasteiger partial charge is 0.478 e. The van der Waals surface area contributed by atoms with E-state index < -0.39 is 11.8 Å². The molecule has 110 valence electrons. The summed E-state index contributed by atoms with van der Waals surface area (Å²) in [4.78, 5) is 13.0. The van der Waals surface area contributed by atoms with Gasteiger partial charge in [0, 0.05) is 25.3 Å². The zero-order chi connectivity index (χ0) is 14.5. The Bertz CT molecular complexity index is 476. The van der Waals surface area contributed by atoms with Gasteiger partial charge in [-0.3, -0.25) is 4.90 Å². The molecule has 0 bridgehead atoms. The van der Waals surface area contributed by atoms with Gasteiger partial charge in [-0.05, 0) is 32.4 Å². The number of rotatable bonds is 5. The minimum absolute atomic E-state index is 0.194. The molecule has 1 N–H and O–H groups in total. The number of hydrogen-bond acceptors (Lipinski definition) is 3. The van der Waals surface area contributed by atoms with Crippen LogP contribution in [0.15, 0.2) is 18.2 Å². The van der Waals surface area contributed by atoms with Crippen molar-refractivity contribution >= 4 is 5.97 Å². The quantitative estimate of drug-likeness (QED) is 0.901. The number of piperidine rings is 1. The highest BCUT2D eigenvalue weighted by Crippen LogP contribution is 2.19. The molecule has 0 amide bonds. The smallest absolute Gasteiger partial charge is 0.338 e. The maximum absolute atomic E-state index is 14.1. The van der Waals surface area contributed by atoms with E-state index in [0.717, 1.165) is 25.9 Å². The maximum Gasteiger partial charge on any atom is 0.338 e. The van der Waals surface area contributed by atoms with Crippen LogP contribution < -0.4 is 0 Å². The standard InChI is InChI=1S/C15H20FNO3/c1-2-20-12-6-4-8-17(10-12)9-11-5-3-7-13(14(11)16)15(18)19/h3,5,7,12H,2,4,6,8-10H2,1H3,(H,18,19). The number of aromatic carboxylic acids is 1. The lowest BCUT2D eigenvalue weighted by molar-refractivity contribution is 0.00334. The zero-order valence-electron chi connectivity index (χ0n) is 11.6. The molecule has 0 aromatic heterocycles. The van der Waals surface area contributed by atoms with Gasteiger partial charge in [-0.2, -0.15) is 0 Å². The molecule has 1 fully saturated rings. The van der Waals surface area contributed by atoms with Crippen LogP contribution in [0.1, 0.15) is 35.7 Å². The maximum atomic E-state index is 14.1. The van der Waals surface area contributed by atoms with Gasteiger partial charge in [0.2, 0.25) is 0 Å². The van der Waals surface area contributed by atoms with Crippen LogP contribution in [0.4, 0.5) is 4.39 Å². The average molecular weight is 281 g/mol. The second-order valence-corrected chi connectivity index (χ2v) is 5.04. The van der Waals surface area contributed by atoms with Crippen molar-refractivity contribution in [3.63, 3.8) is 0 Å². The van der Waals surface area contributed by atoms with Crippen molar-refractivity contribution in [3.05, 3.63) is 35.1 Å². The van der Waals surface area contributed by atoms with Crippen LogP contribution >= 0.6 is 0 Å². The van der Waals surface area contributed by atoms with Crippen molar-refractivity contribution < 1.29 is 19.0 Å². The molecule has 1 aromatic carbocycles. The van der Waals surface area contributed by atoms with Gasteiger partial charge in [0.1, 0.15) is 5.82 Å². The Labute approximate surface area is 118 Å². The van der Waals surface area contributed by atoms with Gasteiger partial charge < -0.3 is 9.84 Å². The molecule has 0 aliphatic carbocycles. The van der Waals surface area contributed by atoms with Crippen molar-refractivity contribution in [3.8, 4) is 0 Å². The highest BCUT2D eigenvalue weighted by atomic mass is 19.1. The number of hydrogen-bond donors (Lipinski definition) is 1. The van der Waals surface area contributed by atoms with Gasteiger partial charge in [-0.1, -0.05) is 12.1 Å². The fourth-order valence-corrected chi connectivity index (χ4v) is 2.64. The first-order chi connectivity index (χ1) is 9.61. The molecule has 0 spiro atoms. The average Bonchev–Trinajstić information content (AvgIpc) is 2.42. The summed E-state index contributed by atoms with van der Waals surface area (Å²) >= 11 is 0. The Morgan fingerprint density at radius 3 is 3.05 bits per heavy atom. The van der Waals surface area contributed by atoms with Crippen molar-refractivity contribution in [2.24, 2.45) is 0 Å². The predicted octanol–water partition coefficient (Wildman–Crippen LogP) is 2.52. The molecule has 4 nitrogen and oxygen atoms in total. The predicted molar refractivity (Wildman–Crippen MR) is 73.3 cm³/mol. The first-order valence-electron chi connectivity index (χ1n) is 6.96. The molecule has 1 aliphatic heterocycles. The number of benzene rings is 1. The van der Waals surface area contributed by atoms with Crippen molar-refractivity contribution in [1.29, 1.82) is 0 Å². The van der Waals surface area contributed by atoms with Gasteiger partial charge in [-0.25, -0.2) is 9.18 Å². The fraction of sp³-hybridized carbons (Fsp3) is 0.533. The molecule has 1 aliphatic rings. The van der Waals surface area contributed by atoms with Gasteiger partial charge >= 0.3 is 5.97 Å². The van der Waals surface area contributed by atoms with E-state index >= 15 is 0 Å². The molecular formula is C15H20FNO3. The van der Waals surface area contributed by atoms with Crippen LogP contribution in [0.3, 0.4) is 0 Å². The lowest BCUT2D eigenvalue weighted by atomic mass is 10.1. The van der Waals surface area contributed by atoms with E-state index in [-0.39, 0.29) is 11.7 Å². The Kier molecular flexibility index (Phi) is 5.09. The van der Waals surface area contributed by atoms with E-state index in [1.54, 1.807) is 12.1 Å². The van der Waals surface area contributed by atoms with Crippen molar-refractivity contribution in [2.45, 2.75) is 32.4 Å². The lowest BCUT2D eigenvalue weighted by Gasteiger charge is -2.32. The Hall–Kier alpha value is -1.46. The molecule has 1 heterocycles. The number of likely N-dealkylation sites (tertiary alicyclic amines) is 1. The Balaban J connectivity index is 2.06. The fourth-order valence-electron chi connectivity index (χ4n) is 2.64. The second-order valence-electron chi connectivity index (χ2n) is 5.04. The summed E-state index contributed by atoms with van der Waals surface area (Å²) in [5.41, 5.74) is 0.169. The van der Waals surface area contributed by atoms with E-state index in [0.29, 0.717) is 18.7 Å². The SMILES string of the molecule is CCOC1CCCN(Cc2cccc(C(=O)O)c2F)C1. The third-order valence-corrected chi connectivity index (χ3v) is 3.57. The Morgan fingerprint density at radius 1 is 1.55 bits per heavy atom. The molecule has 0 saturated carbocycles. The molecule has 1 atom stereocenters. The van der Waals surface area contributed by atoms with Gasteiger partial charge in [0.05, 0.1) is 11.7 Å². The van der Waals surface area contributed by atoms with Gasteiger partial charge in [0.15, 0.2) is 0 Å². The summed E-state index contributed by atoms with van der Waals surface area (Å²) in [6.45, 7) is 4.73. The van der Waals surface area contributed by atoms with Gasteiger partial charge in [-0.15, -0.1) is 0 Å². The van der Waals surface area contributed by atoms with E-state index in [9.17, 15) is 9.18 Å². The molecule has 20 heavy (non-hydrogen) atoms. The summed E-state index contributed by atoms with van der Waals surface area (Å²) in [7, 11) is 0. The minimum Gasteiger partial charge on any atom is -0.478 e. The summed E-state index contributed by atoms with van der Waals surface area (Å²) in [6.07, 6.45) is 2.24. The van der Waals surface area contributed by atoms with Crippen LogP contribution in [0, 0.1) is 5.82 Å². The Morgan fingerprint density at radius 2 is 2.35 bits per heavy atom. The van der Waals surface area contributed by atoms with Crippen LogP contribution in [0.25, 0.3) is 0 Å². The van der Waals surface area contributed by atoms with Crippen LogP contribution in [-0.2, 0) is 11.3 Å². The number of carbonyl (C=O) groups is 1. The molecule has 0 radical (unpaired) electrons. The summed E-state index contributed by atoms with van der Waals surface area (Å²) in [5.74, 6) is -1.85.